The summed E-state index contributed by atoms with van der Waals surface area (Å²) in [5.74, 6) is -0.415. The van der Waals surface area contributed by atoms with Crippen LogP contribution in [0.3, 0.4) is 0 Å². The third kappa shape index (κ3) is 2.65. The molecule has 5 nitrogen and oxygen atoms in total. The molecule has 0 atom stereocenters. The molecule has 0 radical (unpaired) electrons. The van der Waals surface area contributed by atoms with E-state index in [9.17, 15) is 9.59 Å². The molecule has 0 aromatic heterocycles. The van der Waals surface area contributed by atoms with Crippen LogP contribution in [0.2, 0.25) is 0 Å². The fraction of sp³-hybridized carbons (Fsp3) is 0.429. The fourth-order valence-corrected chi connectivity index (χ4v) is 2.61. The molecule has 0 bridgehead atoms. The van der Waals surface area contributed by atoms with Crippen LogP contribution >= 0.6 is 15.9 Å². The third-order valence-electron chi connectivity index (χ3n) is 2.93. The van der Waals surface area contributed by atoms with E-state index in [1.165, 1.54) is 0 Å². The van der Waals surface area contributed by atoms with Crippen molar-refractivity contribution < 1.29 is 23.8 Å². The van der Waals surface area contributed by atoms with E-state index >= 15 is 0 Å². The number of ketones is 1. The molecule has 0 fully saturated rings. The molecule has 1 aliphatic rings. The molecule has 1 aromatic carbocycles. The molecule has 0 unspecified atom stereocenters. The first kappa shape index (κ1) is 14.8. The number of rotatable bonds is 4. The van der Waals surface area contributed by atoms with E-state index in [-0.39, 0.29) is 6.61 Å². The molecule has 0 aliphatic carbocycles. The van der Waals surface area contributed by atoms with Gasteiger partial charge in [-0.1, -0.05) is 6.92 Å². The Balaban J connectivity index is 2.51. The van der Waals surface area contributed by atoms with Crippen LogP contribution in [0.5, 0.6) is 11.5 Å². The first-order valence-corrected chi connectivity index (χ1v) is 7.21. The van der Waals surface area contributed by atoms with Crippen LogP contribution < -0.4 is 9.47 Å². The van der Waals surface area contributed by atoms with Crippen LogP contribution in [0.4, 0.5) is 0 Å². The monoisotopic (exact) mass is 342 g/mol. The molecule has 0 spiro atoms. The van der Waals surface area contributed by atoms with E-state index in [1.54, 1.807) is 13.0 Å². The number of fused-ring (bicyclic) bond motifs is 1. The topological polar surface area (TPSA) is 61.8 Å². The van der Waals surface area contributed by atoms with Crippen molar-refractivity contribution in [2.45, 2.75) is 20.3 Å². The van der Waals surface area contributed by atoms with Gasteiger partial charge in [0.15, 0.2) is 11.5 Å². The zero-order valence-electron chi connectivity index (χ0n) is 11.3. The SMILES string of the molecule is CCOC(=O)C(=O)c1cc(Br)c2c(c1CC)OCCO2. The fourth-order valence-electron chi connectivity index (χ4n) is 2.08. The second-order valence-corrected chi connectivity index (χ2v) is 5.00. The van der Waals surface area contributed by atoms with E-state index < -0.39 is 11.8 Å². The first-order valence-electron chi connectivity index (χ1n) is 6.42. The van der Waals surface area contributed by atoms with Crippen LogP contribution in [-0.4, -0.2) is 31.6 Å². The summed E-state index contributed by atoms with van der Waals surface area (Å²) >= 11 is 3.34. The van der Waals surface area contributed by atoms with E-state index in [4.69, 9.17) is 14.2 Å². The second kappa shape index (κ2) is 6.26. The van der Waals surface area contributed by atoms with E-state index in [0.29, 0.717) is 46.7 Å². The summed E-state index contributed by atoms with van der Waals surface area (Å²) < 4.78 is 16.5. The quantitative estimate of drug-likeness (QED) is 0.478. The Kier molecular flexibility index (Phi) is 4.65. The molecule has 0 saturated carbocycles. The van der Waals surface area contributed by atoms with Crippen molar-refractivity contribution in [2.24, 2.45) is 0 Å². The number of hydrogen-bond acceptors (Lipinski definition) is 5. The predicted molar refractivity (Wildman–Crippen MR) is 75.5 cm³/mol. The summed E-state index contributed by atoms with van der Waals surface area (Å²) in [6, 6.07) is 1.59. The lowest BCUT2D eigenvalue weighted by Gasteiger charge is -2.23. The number of carbonyl (C=O) groups is 2. The van der Waals surface area contributed by atoms with E-state index in [0.717, 1.165) is 0 Å². The minimum absolute atomic E-state index is 0.164. The number of Topliss-reactive ketones (excluding diaryl/α,β-unsaturated/α-hetero) is 1. The summed E-state index contributed by atoms with van der Waals surface area (Å²) in [6.45, 7) is 4.59. The van der Waals surface area contributed by atoms with Crippen molar-refractivity contribution in [3.8, 4) is 11.5 Å². The Bertz CT molecular complexity index is 553. The lowest BCUT2D eigenvalue weighted by Crippen LogP contribution is -2.22. The van der Waals surface area contributed by atoms with Crippen LogP contribution in [-0.2, 0) is 16.0 Å². The van der Waals surface area contributed by atoms with Gasteiger partial charge in [-0.25, -0.2) is 4.79 Å². The van der Waals surface area contributed by atoms with Gasteiger partial charge in [-0.05, 0) is 35.3 Å². The van der Waals surface area contributed by atoms with Crippen LogP contribution in [0.1, 0.15) is 29.8 Å². The molecule has 0 amide bonds. The summed E-state index contributed by atoms with van der Waals surface area (Å²) in [6.07, 6.45) is 0.555. The van der Waals surface area contributed by atoms with Crippen molar-refractivity contribution in [3.63, 3.8) is 0 Å². The summed E-state index contributed by atoms with van der Waals surface area (Å²) in [4.78, 5) is 23.8. The minimum atomic E-state index is -0.856. The van der Waals surface area contributed by atoms with E-state index in [1.807, 2.05) is 6.92 Å². The van der Waals surface area contributed by atoms with Crippen LogP contribution in [0.25, 0.3) is 0 Å². The Labute approximate surface area is 125 Å². The van der Waals surface area contributed by atoms with Gasteiger partial charge in [0, 0.05) is 11.1 Å². The standard InChI is InChI=1S/C14H15BrO5/c1-3-8-9(11(16)14(17)18-4-2)7-10(15)13-12(8)19-5-6-20-13/h7H,3-6H2,1-2H3. The maximum absolute atomic E-state index is 12.2. The molecule has 2 rings (SSSR count). The highest BCUT2D eigenvalue weighted by Crippen LogP contribution is 2.42. The Hall–Kier alpha value is -1.56. The summed E-state index contributed by atoms with van der Waals surface area (Å²) in [7, 11) is 0. The van der Waals surface area contributed by atoms with Gasteiger partial charge < -0.3 is 14.2 Å². The van der Waals surface area contributed by atoms with Crippen LogP contribution in [0, 0.1) is 0 Å². The summed E-state index contributed by atoms with van der Waals surface area (Å²) in [5.41, 5.74) is 0.961. The number of ether oxygens (including phenoxy) is 3. The predicted octanol–water partition coefficient (Wildman–Crippen LogP) is 2.53. The van der Waals surface area contributed by atoms with Gasteiger partial charge >= 0.3 is 5.97 Å². The number of hydrogen-bond donors (Lipinski definition) is 0. The first-order chi connectivity index (χ1) is 9.60. The molecular weight excluding hydrogens is 328 g/mol. The lowest BCUT2D eigenvalue weighted by molar-refractivity contribution is -0.137. The highest BCUT2D eigenvalue weighted by molar-refractivity contribution is 9.10. The van der Waals surface area contributed by atoms with Crippen molar-refractivity contribution in [2.75, 3.05) is 19.8 Å². The molecule has 6 heteroatoms. The van der Waals surface area contributed by atoms with Gasteiger partial charge in [0.2, 0.25) is 0 Å². The highest BCUT2D eigenvalue weighted by atomic mass is 79.9. The van der Waals surface area contributed by atoms with Crippen molar-refractivity contribution in [1.82, 2.24) is 0 Å². The summed E-state index contributed by atoms with van der Waals surface area (Å²) in [5, 5.41) is 0. The smallest absolute Gasteiger partial charge is 0.379 e. The van der Waals surface area contributed by atoms with Crippen LogP contribution in [0.15, 0.2) is 10.5 Å². The molecule has 108 valence electrons. The molecule has 1 aliphatic heterocycles. The number of esters is 1. The number of halogens is 1. The normalized spacial score (nSPS) is 12.9. The van der Waals surface area contributed by atoms with Crippen molar-refractivity contribution >= 4 is 27.7 Å². The maximum Gasteiger partial charge on any atom is 0.379 e. The van der Waals surface area contributed by atoms with Gasteiger partial charge in [-0.2, -0.15) is 0 Å². The Morgan fingerprint density at radius 1 is 1.25 bits per heavy atom. The highest BCUT2D eigenvalue weighted by Gasteiger charge is 2.28. The largest absolute Gasteiger partial charge is 0.486 e. The second-order valence-electron chi connectivity index (χ2n) is 4.14. The van der Waals surface area contributed by atoms with Gasteiger partial charge in [-0.15, -0.1) is 0 Å². The Morgan fingerprint density at radius 3 is 2.50 bits per heavy atom. The maximum atomic E-state index is 12.2. The average molecular weight is 343 g/mol. The average Bonchev–Trinajstić information content (AvgIpc) is 2.46. The van der Waals surface area contributed by atoms with Gasteiger partial charge in [0.05, 0.1) is 11.1 Å². The molecule has 0 saturated heterocycles. The molecule has 0 N–H and O–H groups in total. The zero-order valence-corrected chi connectivity index (χ0v) is 12.9. The molecule has 20 heavy (non-hydrogen) atoms. The van der Waals surface area contributed by atoms with Crippen molar-refractivity contribution in [3.05, 3.63) is 21.7 Å². The molecule has 1 heterocycles. The number of carbonyl (C=O) groups excluding carboxylic acids is 2. The van der Waals surface area contributed by atoms with Gasteiger partial charge in [0.1, 0.15) is 13.2 Å². The molecule has 1 aromatic rings. The van der Waals surface area contributed by atoms with Gasteiger partial charge in [-0.3, -0.25) is 4.79 Å². The third-order valence-corrected chi connectivity index (χ3v) is 3.52. The van der Waals surface area contributed by atoms with Crippen molar-refractivity contribution in [1.29, 1.82) is 0 Å². The van der Waals surface area contributed by atoms with Gasteiger partial charge in [0.25, 0.3) is 5.78 Å². The number of benzene rings is 1. The molecular formula is C14H15BrO5. The zero-order chi connectivity index (χ0) is 14.7. The lowest BCUT2D eigenvalue weighted by atomic mass is 9.99. The minimum Gasteiger partial charge on any atom is -0.486 e. The van der Waals surface area contributed by atoms with E-state index in [2.05, 4.69) is 15.9 Å². The Morgan fingerprint density at radius 2 is 1.90 bits per heavy atom.